The number of rotatable bonds is 7. The molecular weight excluding hydrogens is 757 g/mol. The minimum absolute atomic E-state index is 0.670. The number of para-hydroxylation sites is 2. The van der Waals surface area contributed by atoms with E-state index in [-0.39, 0.29) is 0 Å². The maximum atomic E-state index is 6.26. The van der Waals surface area contributed by atoms with Crippen molar-refractivity contribution in [3.63, 3.8) is 0 Å². The third-order valence-corrected chi connectivity index (χ3v) is 11.9. The van der Waals surface area contributed by atoms with Crippen molar-refractivity contribution in [2.45, 2.75) is 0 Å². The van der Waals surface area contributed by atoms with Gasteiger partial charge in [0.2, 0.25) is 0 Å². The highest BCUT2D eigenvalue weighted by molar-refractivity contribution is 6.07. The summed E-state index contributed by atoms with van der Waals surface area (Å²) in [5.74, 6) is 0.670. The number of furan rings is 2. The summed E-state index contributed by atoms with van der Waals surface area (Å²) in [7, 11) is 0. The molecule has 0 fully saturated rings. The summed E-state index contributed by atoms with van der Waals surface area (Å²) in [4.78, 5) is 10.6. The van der Waals surface area contributed by atoms with Gasteiger partial charge in [-0.25, -0.2) is 9.97 Å². The lowest BCUT2D eigenvalue weighted by Crippen LogP contribution is -1.97. The average Bonchev–Trinajstić information content (AvgIpc) is 3.92. The summed E-state index contributed by atoms with van der Waals surface area (Å²) in [6.45, 7) is 0. The van der Waals surface area contributed by atoms with Gasteiger partial charge in [0.25, 0.3) is 0 Å². The van der Waals surface area contributed by atoms with Gasteiger partial charge in [-0.3, -0.25) is 0 Å². The molecule has 290 valence electrons. The standard InChI is InChI=1S/C58H36N2O2/c1-3-14-37(15-4-1)46-20-7-8-21-47(46)53-36-52(59-58(60-53)38-16-5-2-6-17-38)45-32-43(31-44(33-45)42-27-29-57-51(35-42)49-23-10-12-25-55(49)62-57)40-19-13-18-39(30-40)41-26-28-56-50(34-41)48-22-9-11-24-54(48)61-56/h1-36H. The monoisotopic (exact) mass is 792 g/mol. The van der Waals surface area contributed by atoms with Crippen LogP contribution in [0, 0.1) is 0 Å². The van der Waals surface area contributed by atoms with Crippen LogP contribution < -0.4 is 0 Å². The van der Waals surface area contributed by atoms with Crippen LogP contribution >= 0.6 is 0 Å². The largest absolute Gasteiger partial charge is 0.456 e. The second-order valence-corrected chi connectivity index (χ2v) is 15.7. The van der Waals surface area contributed by atoms with Gasteiger partial charge in [-0.1, -0.05) is 152 Å². The molecule has 0 saturated carbocycles. The van der Waals surface area contributed by atoms with Crippen molar-refractivity contribution < 1.29 is 8.83 Å². The Morgan fingerprint density at radius 2 is 0.677 bits per heavy atom. The maximum absolute atomic E-state index is 6.26. The lowest BCUT2D eigenvalue weighted by atomic mass is 9.92. The molecule has 62 heavy (non-hydrogen) atoms. The van der Waals surface area contributed by atoms with E-state index in [9.17, 15) is 0 Å². The molecule has 0 unspecified atom stereocenters. The van der Waals surface area contributed by atoms with Gasteiger partial charge in [-0.15, -0.1) is 0 Å². The van der Waals surface area contributed by atoms with Crippen LogP contribution in [0.4, 0.5) is 0 Å². The number of benzene rings is 9. The zero-order chi connectivity index (χ0) is 41.0. The van der Waals surface area contributed by atoms with Gasteiger partial charge < -0.3 is 8.83 Å². The summed E-state index contributed by atoms with van der Waals surface area (Å²) in [5, 5.41) is 4.41. The first-order valence-corrected chi connectivity index (χ1v) is 20.9. The normalized spacial score (nSPS) is 11.5. The van der Waals surface area contributed by atoms with Crippen molar-refractivity contribution in [1.82, 2.24) is 9.97 Å². The van der Waals surface area contributed by atoms with Crippen LogP contribution in [0.2, 0.25) is 0 Å². The van der Waals surface area contributed by atoms with Crippen LogP contribution in [-0.4, -0.2) is 9.97 Å². The Hall–Kier alpha value is -8.34. The minimum atomic E-state index is 0.670. The lowest BCUT2D eigenvalue weighted by molar-refractivity contribution is 0.668. The van der Waals surface area contributed by atoms with Gasteiger partial charge in [0.05, 0.1) is 11.4 Å². The number of hydrogen-bond donors (Lipinski definition) is 0. The number of aromatic nitrogens is 2. The van der Waals surface area contributed by atoms with Crippen molar-refractivity contribution in [1.29, 1.82) is 0 Å². The van der Waals surface area contributed by atoms with Gasteiger partial charge >= 0.3 is 0 Å². The predicted octanol–water partition coefficient (Wildman–Crippen LogP) is 15.9. The lowest BCUT2D eigenvalue weighted by Gasteiger charge is -2.15. The van der Waals surface area contributed by atoms with Gasteiger partial charge in [0, 0.05) is 38.2 Å². The number of nitrogens with zero attached hydrogens (tertiary/aromatic N) is 2. The molecule has 0 saturated heterocycles. The summed E-state index contributed by atoms with van der Waals surface area (Å²) in [6, 6.07) is 76.5. The van der Waals surface area contributed by atoms with E-state index in [1.807, 2.05) is 42.5 Å². The Labute approximate surface area is 358 Å². The average molecular weight is 793 g/mol. The Kier molecular flexibility index (Phi) is 8.46. The molecule has 0 radical (unpaired) electrons. The van der Waals surface area contributed by atoms with Crippen molar-refractivity contribution in [3.8, 4) is 78.4 Å². The van der Waals surface area contributed by atoms with Crippen LogP contribution in [0.1, 0.15) is 0 Å². The first-order chi connectivity index (χ1) is 30.7. The van der Waals surface area contributed by atoms with E-state index in [1.54, 1.807) is 0 Å². The molecule has 0 bridgehead atoms. The van der Waals surface area contributed by atoms with Crippen molar-refractivity contribution in [2.75, 3.05) is 0 Å². The van der Waals surface area contributed by atoms with Crippen LogP contribution in [0.3, 0.4) is 0 Å². The fraction of sp³-hybridized carbons (Fsp3) is 0. The maximum Gasteiger partial charge on any atom is 0.160 e. The minimum Gasteiger partial charge on any atom is -0.456 e. The zero-order valence-electron chi connectivity index (χ0n) is 33.5. The molecule has 0 amide bonds. The van der Waals surface area contributed by atoms with E-state index in [2.05, 4.69) is 176 Å². The number of fused-ring (bicyclic) bond motifs is 6. The topological polar surface area (TPSA) is 52.1 Å². The van der Waals surface area contributed by atoms with Crippen molar-refractivity contribution in [2.24, 2.45) is 0 Å². The summed E-state index contributed by atoms with van der Waals surface area (Å²) >= 11 is 0. The van der Waals surface area contributed by atoms with Gasteiger partial charge in [0.15, 0.2) is 5.82 Å². The predicted molar refractivity (Wildman–Crippen MR) is 255 cm³/mol. The summed E-state index contributed by atoms with van der Waals surface area (Å²) in [5.41, 5.74) is 17.1. The first-order valence-electron chi connectivity index (χ1n) is 20.9. The van der Waals surface area contributed by atoms with Gasteiger partial charge in [0.1, 0.15) is 22.3 Å². The molecule has 4 heteroatoms. The van der Waals surface area contributed by atoms with Crippen LogP contribution in [0.5, 0.6) is 0 Å². The van der Waals surface area contributed by atoms with Crippen LogP contribution in [-0.2, 0) is 0 Å². The Morgan fingerprint density at radius 3 is 1.32 bits per heavy atom. The highest BCUT2D eigenvalue weighted by Gasteiger charge is 2.17. The Bertz CT molecular complexity index is 3640. The van der Waals surface area contributed by atoms with Crippen molar-refractivity contribution in [3.05, 3.63) is 218 Å². The molecule has 4 nitrogen and oxygen atoms in total. The van der Waals surface area contributed by atoms with E-state index in [1.165, 1.54) is 0 Å². The van der Waals surface area contributed by atoms with Gasteiger partial charge in [-0.2, -0.15) is 0 Å². The van der Waals surface area contributed by atoms with Crippen molar-refractivity contribution >= 4 is 43.9 Å². The quantitative estimate of drug-likeness (QED) is 0.161. The van der Waals surface area contributed by atoms with E-state index in [4.69, 9.17) is 18.8 Å². The molecule has 0 aliphatic heterocycles. The van der Waals surface area contributed by atoms with E-state index in [0.717, 1.165) is 116 Å². The molecule has 0 N–H and O–H groups in total. The molecule has 3 heterocycles. The SMILES string of the molecule is c1ccc(-c2nc(-c3cc(-c4cccc(-c5ccc6oc7ccccc7c6c5)c4)cc(-c4ccc5oc6ccccc6c5c4)c3)cc(-c3ccccc3-c3ccccc3)n2)cc1. The number of hydrogen-bond acceptors (Lipinski definition) is 4. The molecule has 0 spiro atoms. The van der Waals surface area contributed by atoms with E-state index >= 15 is 0 Å². The summed E-state index contributed by atoms with van der Waals surface area (Å²) in [6.07, 6.45) is 0. The smallest absolute Gasteiger partial charge is 0.160 e. The second-order valence-electron chi connectivity index (χ2n) is 15.7. The molecule has 3 aromatic heterocycles. The Morgan fingerprint density at radius 1 is 0.242 bits per heavy atom. The van der Waals surface area contributed by atoms with E-state index < -0.39 is 0 Å². The molecule has 0 atom stereocenters. The molecule has 9 aromatic carbocycles. The third kappa shape index (κ3) is 6.34. The van der Waals surface area contributed by atoms with Gasteiger partial charge in [-0.05, 0) is 111 Å². The van der Waals surface area contributed by atoms with Crippen LogP contribution in [0.15, 0.2) is 227 Å². The fourth-order valence-corrected chi connectivity index (χ4v) is 8.82. The zero-order valence-corrected chi connectivity index (χ0v) is 33.5. The highest BCUT2D eigenvalue weighted by Crippen LogP contribution is 2.40. The fourth-order valence-electron chi connectivity index (χ4n) is 8.82. The summed E-state index contributed by atoms with van der Waals surface area (Å²) < 4.78 is 12.4. The molecule has 0 aliphatic rings. The van der Waals surface area contributed by atoms with Crippen LogP contribution in [0.25, 0.3) is 122 Å². The second kappa shape index (κ2) is 14.7. The molecular formula is C58H36N2O2. The molecule has 0 aliphatic carbocycles. The molecule has 12 rings (SSSR count). The Balaban J connectivity index is 1.06. The molecule has 12 aromatic rings. The third-order valence-electron chi connectivity index (χ3n) is 11.9. The highest BCUT2D eigenvalue weighted by atomic mass is 16.3. The first kappa shape index (κ1) is 35.6. The van der Waals surface area contributed by atoms with E-state index in [0.29, 0.717) is 5.82 Å².